The van der Waals surface area contributed by atoms with Gasteiger partial charge in [-0.25, -0.2) is 4.98 Å². The van der Waals surface area contributed by atoms with Crippen molar-refractivity contribution in [3.05, 3.63) is 23.3 Å². The number of nitrogens with one attached hydrogen (secondary N) is 2. The Bertz CT molecular complexity index is 508. The van der Waals surface area contributed by atoms with Crippen LogP contribution in [0.3, 0.4) is 0 Å². The molecule has 84 valence electrons. The summed E-state index contributed by atoms with van der Waals surface area (Å²) in [5.41, 5.74) is 14.3. The molecule has 2 aromatic rings. The molecule has 0 saturated carbocycles. The van der Waals surface area contributed by atoms with Gasteiger partial charge < -0.3 is 5.73 Å². The van der Waals surface area contributed by atoms with Gasteiger partial charge in [-0.2, -0.15) is 0 Å². The first kappa shape index (κ1) is 11.1. The van der Waals surface area contributed by atoms with Crippen LogP contribution in [0.2, 0.25) is 0 Å². The van der Waals surface area contributed by atoms with Gasteiger partial charge in [-0.05, 0) is 37.2 Å². The van der Waals surface area contributed by atoms with Crippen LogP contribution < -0.4 is 16.6 Å². The lowest BCUT2D eigenvalue weighted by molar-refractivity contribution is 1.12. The van der Waals surface area contributed by atoms with Crippen molar-refractivity contribution in [3.8, 4) is 0 Å². The van der Waals surface area contributed by atoms with E-state index in [1.54, 1.807) is 11.3 Å². The van der Waals surface area contributed by atoms with Crippen molar-refractivity contribution >= 4 is 44.0 Å². The van der Waals surface area contributed by atoms with Crippen molar-refractivity contribution in [2.45, 2.75) is 13.8 Å². The molecule has 0 atom stereocenters. The minimum absolute atomic E-state index is 0.202. The average Bonchev–Trinajstić information content (AvgIpc) is 2.66. The average molecular weight is 252 g/mol. The Morgan fingerprint density at radius 1 is 1.38 bits per heavy atom. The van der Waals surface area contributed by atoms with Crippen LogP contribution in [0.25, 0.3) is 10.2 Å². The maximum absolute atomic E-state index is 5.33. The van der Waals surface area contributed by atoms with E-state index in [0.29, 0.717) is 0 Å². The summed E-state index contributed by atoms with van der Waals surface area (Å²) in [5, 5.41) is 0.966. The summed E-state index contributed by atoms with van der Waals surface area (Å²) in [4.78, 5) is 4.47. The zero-order valence-electron chi connectivity index (χ0n) is 9.00. The van der Waals surface area contributed by atoms with E-state index in [-0.39, 0.29) is 5.11 Å². The smallest absolute Gasteiger partial charge is 0.202 e. The Kier molecular flexibility index (Phi) is 2.93. The molecular formula is C10H12N4S2. The molecule has 0 bridgehead atoms. The maximum atomic E-state index is 5.33. The van der Waals surface area contributed by atoms with Crippen molar-refractivity contribution < 1.29 is 0 Å². The highest BCUT2D eigenvalue weighted by Crippen LogP contribution is 2.30. The molecule has 0 spiro atoms. The Hall–Kier alpha value is -1.40. The van der Waals surface area contributed by atoms with Crippen molar-refractivity contribution in [1.82, 2.24) is 10.4 Å². The lowest BCUT2D eigenvalue weighted by Crippen LogP contribution is -2.33. The number of anilines is 1. The fraction of sp³-hybridized carbons (Fsp3) is 0.200. The summed E-state index contributed by atoms with van der Waals surface area (Å²) in [7, 11) is 0. The second-order valence-electron chi connectivity index (χ2n) is 3.51. The zero-order valence-corrected chi connectivity index (χ0v) is 10.6. The summed E-state index contributed by atoms with van der Waals surface area (Å²) in [6.07, 6.45) is 0. The van der Waals surface area contributed by atoms with Crippen LogP contribution >= 0.6 is 23.6 Å². The molecule has 1 aromatic carbocycles. The van der Waals surface area contributed by atoms with E-state index < -0.39 is 0 Å². The first-order chi connectivity index (χ1) is 7.58. The first-order valence-corrected chi connectivity index (χ1v) is 5.98. The predicted octanol–water partition coefficient (Wildman–Crippen LogP) is 2.07. The number of hydrogen-bond acceptors (Lipinski definition) is 4. The molecular weight excluding hydrogens is 240 g/mol. The third-order valence-corrected chi connectivity index (χ3v) is 3.44. The number of aromatic nitrogens is 1. The third kappa shape index (κ3) is 2.07. The van der Waals surface area contributed by atoms with Crippen LogP contribution in [0.15, 0.2) is 12.1 Å². The number of hydrogen-bond donors (Lipinski definition) is 3. The number of thiazole rings is 1. The number of aryl methyl sites for hydroxylation is 2. The quantitative estimate of drug-likeness (QED) is 0.564. The predicted molar refractivity (Wildman–Crippen MR) is 72.6 cm³/mol. The van der Waals surface area contributed by atoms with Crippen LogP contribution in [0.5, 0.6) is 0 Å². The Morgan fingerprint density at radius 3 is 2.69 bits per heavy atom. The number of nitrogens with two attached hydrogens (primary N) is 1. The number of benzene rings is 1. The van der Waals surface area contributed by atoms with Crippen LogP contribution in [0.4, 0.5) is 5.13 Å². The second kappa shape index (κ2) is 4.23. The fourth-order valence-electron chi connectivity index (χ4n) is 1.43. The third-order valence-electron chi connectivity index (χ3n) is 2.23. The van der Waals surface area contributed by atoms with Crippen LogP contribution in [0, 0.1) is 13.8 Å². The molecule has 1 aromatic heterocycles. The highest BCUT2D eigenvalue weighted by Gasteiger charge is 2.07. The monoisotopic (exact) mass is 252 g/mol. The van der Waals surface area contributed by atoms with Gasteiger partial charge in [-0.1, -0.05) is 23.5 Å². The summed E-state index contributed by atoms with van der Waals surface area (Å²) in [5.74, 6) is 0. The van der Waals surface area contributed by atoms with E-state index in [9.17, 15) is 0 Å². The van der Waals surface area contributed by atoms with Crippen molar-refractivity contribution in [2.75, 3.05) is 5.43 Å². The molecule has 16 heavy (non-hydrogen) atoms. The molecule has 0 aliphatic rings. The molecule has 0 aliphatic heterocycles. The molecule has 4 N–H and O–H groups in total. The molecule has 2 rings (SSSR count). The molecule has 4 nitrogen and oxygen atoms in total. The van der Waals surface area contributed by atoms with E-state index in [1.807, 2.05) is 6.92 Å². The van der Waals surface area contributed by atoms with E-state index in [4.69, 9.17) is 18.0 Å². The minimum Gasteiger partial charge on any atom is -0.375 e. The van der Waals surface area contributed by atoms with Gasteiger partial charge in [0.2, 0.25) is 5.13 Å². The molecule has 0 radical (unpaired) electrons. The van der Waals surface area contributed by atoms with Gasteiger partial charge in [0.05, 0.1) is 10.2 Å². The highest BCUT2D eigenvalue weighted by molar-refractivity contribution is 7.80. The molecule has 0 amide bonds. The van der Waals surface area contributed by atoms with Crippen LogP contribution in [-0.2, 0) is 0 Å². The molecule has 0 fully saturated rings. The maximum Gasteiger partial charge on any atom is 0.202 e. The summed E-state index contributed by atoms with van der Waals surface area (Å²) < 4.78 is 1.19. The van der Waals surface area contributed by atoms with Crippen molar-refractivity contribution in [2.24, 2.45) is 5.73 Å². The Labute approximate surface area is 103 Å². The number of nitrogens with zero attached hydrogens (tertiary/aromatic N) is 1. The molecule has 0 aliphatic carbocycles. The number of hydrazine groups is 1. The van der Waals surface area contributed by atoms with E-state index >= 15 is 0 Å². The Balaban J connectivity index is 2.39. The second-order valence-corrected chi connectivity index (χ2v) is 4.95. The van der Waals surface area contributed by atoms with Gasteiger partial charge in [-0.3, -0.25) is 10.9 Å². The number of rotatable bonds is 2. The lowest BCUT2D eigenvalue weighted by Gasteiger charge is -2.01. The topological polar surface area (TPSA) is 63.0 Å². The van der Waals surface area contributed by atoms with E-state index in [1.165, 1.54) is 15.8 Å². The van der Waals surface area contributed by atoms with E-state index in [0.717, 1.165) is 10.6 Å². The summed E-state index contributed by atoms with van der Waals surface area (Å²) in [6, 6.07) is 4.17. The summed E-state index contributed by atoms with van der Waals surface area (Å²) >= 11 is 6.29. The zero-order chi connectivity index (χ0) is 11.7. The van der Waals surface area contributed by atoms with Gasteiger partial charge >= 0.3 is 0 Å². The number of thiocarbonyl (C=S) groups is 1. The van der Waals surface area contributed by atoms with Gasteiger partial charge in [0.25, 0.3) is 0 Å². The van der Waals surface area contributed by atoms with Crippen LogP contribution in [0.1, 0.15) is 11.1 Å². The van der Waals surface area contributed by atoms with Crippen molar-refractivity contribution in [3.63, 3.8) is 0 Å². The van der Waals surface area contributed by atoms with Gasteiger partial charge in [0, 0.05) is 0 Å². The van der Waals surface area contributed by atoms with Crippen LogP contribution in [-0.4, -0.2) is 10.1 Å². The summed E-state index contributed by atoms with van der Waals surface area (Å²) in [6.45, 7) is 4.12. The van der Waals surface area contributed by atoms with Crippen molar-refractivity contribution in [1.29, 1.82) is 0 Å². The van der Waals surface area contributed by atoms with Gasteiger partial charge in [0.1, 0.15) is 0 Å². The normalized spacial score (nSPS) is 10.4. The Morgan fingerprint density at radius 2 is 2.06 bits per heavy atom. The number of fused-ring (bicyclic) bond motifs is 1. The minimum atomic E-state index is 0.202. The molecule has 6 heteroatoms. The SMILES string of the molecule is Cc1ccc(C)c2sc(NNC(N)=S)nc12. The highest BCUT2D eigenvalue weighted by atomic mass is 32.1. The van der Waals surface area contributed by atoms with Gasteiger partial charge in [0.15, 0.2) is 5.11 Å². The fourth-order valence-corrected chi connectivity index (χ4v) is 2.44. The molecule has 0 unspecified atom stereocenters. The standard InChI is InChI=1S/C10H12N4S2/c1-5-3-4-6(2)8-7(5)12-10(16-8)14-13-9(11)15/h3-4H,1-2H3,(H,12,14)(H3,11,13,15). The molecule has 1 heterocycles. The first-order valence-electron chi connectivity index (χ1n) is 4.76. The lowest BCUT2D eigenvalue weighted by atomic mass is 10.1. The largest absolute Gasteiger partial charge is 0.375 e. The van der Waals surface area contributed by atoms with Gasteiger partial charge in [-0.15, -0.1) is 0 Å². The van der Waals surface area contributed by atoms with E-state index in [2.05, 4.69) is 34.9 Å². The molecule has 0 saturated heterocycles.